The largest absolute Gasteiger partial charge is 0.488 e. The van der Waals surface area contributed by atoms with Crippen LogP contribution in [0.25, 0.3) is 11.0 Å². The molecule has 0 saturated heterocycles. The molecule has 0 fully saturated rings. The van der Waals surface area contributed by atoms with E-state index in [0.717, 1.165) is 22.1 Å². The summed E-state index contributed by atoms with van der Waals surface area (Å²) in [7, 11) is 0. The summed E-state index contributed by atoms with van der Waals surface area (Å²) in [6.45, 7) is 7.65. The molecule has 3 aromatic rings. The Kier molecular flexibility index (Phi) is 4.95. The Bertz CT molecular complexity index is 987. The summed E-state index contributed by atoms with van der Waals surface area (Å²) >= 11 is 5.75. The van der Waals surface area contributed by atoms with Crippen LogP contribution >= 0.6 is 11.6 Å². The summed E-state index contributed by atoms with van der Waals surface area (Å²) in [6, 6.07) is 13.7. The second kappa shape index (κ2) is 7.16. The topological polar surface area (TPSA) is 39.4 Å². The van der Waals surface area contributed by atoms with E-state index in [1.165, 1.54) is 0 Å². The van der Waals surface area contributed by atoms with Gasteiger partial charge in [0.05, 0.1) is 0 Å². The van der Waals surface area contributed by atoms with Crippen LogP contribution in [0.4, 0.5) is 0 Å². The molecular formula is C21H19ClO3. The first-order valence-corrected chi connectivity index (χ1v) is 8.41. The Morgan fingerprint density at radius 1 is 1.12 bits per heavy atom. The molecule has 0 aliphatic rings. The maximum atomic E-state index is 12.5. The Morgan fingerprint density at radius 2 is 1.84 bits per heavy atom. The number of rotatable bonds is 5. The van der Waals surface area contributed by atoms with Crippen molar-refractivity contribution in [3.05, 3.63) is 86.7 Å². The zero-order valence-electron chi connectivity index (χ0n) is 14.3. The van der Waals surface area contributed by atoms with Gasteiger partial charge in [0, 0.05) is 28.0 Å². The van der Waals surface area contributed by atoms with Gasteiger partial charge in [-0.1, -0.05) is 48.5 Å². The lowest BCUT2D eigenvalue weighted by molar-refractivity contribution is 0.356. The molecule has 0 aliphatic carbocycles. The van der Waals surface area contributed by atoms with E-state index < -0.39 is 0 Å². The van der Waals surface area contributed by atoms with Gasteiger partial charge in [-0.25, -0.2) is 4.79 Å². The monoisotopic (exact) mass is 354 g/mol. The fraction of sp³-hybridized carbons (Fsp3) is 0.190. The number of hydrogen-bond donors (Lipinski definition) is 0. The van der Waals surface area contributed by atoms with Crippen LogP contribution in [0.5, 0.6) is 5.75 Å². The fourth-order valence-corrected chi connectivity index (χ4v) is 2.94. The van der Waals surface area contributed by atoms with Crippen LogP contribution in [0.3, 0.4) is 0 Å². The van der Waals surface area contributed by atoms with E-state index in [0.29, 0.717) is 28.3 Å². The first-order chi connectivity index (χ1) is 12.0. The lowest BCUT2D eigenvalue weighted by Gasteiger charge is -2.13. The zero-order valence-corrected chi connectivity index (χ0v) is 15.0. The van der Waals surface area contributed by atoms with Crippen molar-refractivity contribution in [3.63, 3.8) is 0 Å². The molecule has 0 amide bonds. The fourth-order valence-electron chi connectivity index (χ4n) is 2.89. The number of halogens is 1. The lowest BCUT2D eigenvalue weighted by Crippen LogP contribution is -2.11. The molecule has 3 rings (SSSR count). The van der Waals surface area contributed by atoms with E-state index in [1.807, 2.05) is 56.3 Å². The number of hydrogen-bond acceptors (Lipinski definition) is 3. The molecule has 128 valence electrons. The average molecular weight is 355 g/mol. The zero-order chi connectivity index (χ0) is 18.0. The quantitative estimate of drug-likeness (QED) is 0.596. The first kappa shape index (κ1) is 17.3. The lowest BCUT2D eigenvalue weighted by atomic mass is 9.98. The Balaban J connectivity index is 2.07. The molecule has 0 bridgehead atoms. The van der Waals surface area contributed by atoms with Crippen molar-refractivity contribution in [2.24, 2.45) is 0 Å². The van der Waals surface area contributed by atoms with Gasteiger partial charge in [-0.2, -0.15) is 0 Å². The number of aryl methyl sites for hydroxylation is 2. The van der Waals surface area contributed by atoms with Crippen LogP contribution in [0.15, 0.2) is 63.3 Å². The minimum Gasteiger partial charge on any atom is -0.488 e. The molecule has 0 atom stereocenters. The molecule has 0 unspecified atom stereocenters. The smallest absolute Gasteiger partial charge is 0.340 e. The molecule has 4 heteroatoms. The highest BCUT2D eigenvalue weighted by molar-refractivity contribution is 6.29. The van der Waals surface area contributed by atoms with Gasteiger partial charge in [-0.05, 0) is 37.1 Å². The minimum absolute atomic E-state index is 0.212. The van der Waals surface area contributed by atoms with Crippen LogP contribution in [0.2, 0.25) is 0 Å². The second-order valence-corrected chi connectivity index (χ2v) is 6.56. The number of benzene rings is 2. The van der Waals surface area contributed by atoms with E-state index in [4.69, 9.17) is 20.8 Å². The van der Waals surface area contributed by atoms with Crippen LogP contribution in [0.1, 0.15) is 22.3 Å². The predicted octanol–water partition coefficient (Wildman–Crippen LogP) is 5.13. The number of ether oxygens (including phenoxy) is 1. The SMILES string of the molecule is C=C(Cl)COc1ccc2c(C)c(Cc3ccccc3)c(=O)oc2c1C. The highest BCUT2D eigenvalue weighted by Crippen LogP contribution is 2.30. The van der Waals surface area contributed by atoms with Crippen molar-refractivity contribution in [1.82, 2.24) is 0 Å². The Hall–Kier alpha value is -2.52. The van der Waals surface area contributed by atoms with Gasteiger partial charge in [0.25, 0.3) is 0 Å². The molecule has 0 N–H and O–H groups in total. The van der Waals surface area contributed by atoms with Crippen molar-refractivity contribution in [2.75, 3.05) is 6.61 Å². The Morgan fingerprint density at radius 3 is 2.52 bits per heavy atom. The summed E-state index contributed by atoms with van der Waals surface area (Å²) in [5.74, 6) is 0.632. The van der Waals surface area contributed by atoms with Gasteiger partial charge in [-0.15, -0.1) is 0 Å². The molecule has 25 heavy (non-hydrogen) atoms. The normalized spacial score (nSPS) is 10.8. The molecule has 0 aliphatic heterocycles. The summed E-state index contributed by atoms with van der Waals surface area (Å²) in [6.07, 6.45) is 0.550. The van der Waals surface area contributed by atoms with Crippen molar-refractivity contribution in [1.29, 1.82) is 0 Å². The van der Waals surface area contributed by atoms with E-state index in [1.54, 1.807) is 0 Å². The van der Waals surface area contributed by atoms with Crippen molar-refractivity contribution in [2.45, 2.75) is 20.3 Å². The van der Waals surface area contributed by atoms with Crippen molar-refractivity contribution < 1.29 is 9.15 Å². The van der Waals surface area contributed by atoms with Crippen LogP contribution in [-0.4, -0.2) is 6.61 Å². The summed E-state index contributed by atoms with van der Waals surface area (Å²) in [5, 5.41) is 1.33. The second-order valence-electron chi connectivity index (χ2n) is 6.03. The molecule has 0 spiro atoms. The highest BCUT2D eigenvalue weighted by atomic mass is 35.5. The van der Waals surface area contributed by atoms with Gasteiger partial charge >= 0.3 is 5.63 Å². The van der Waals surface area contributed by atoms with Crippen LogP contribution in [-0.2, 0) is 6.42 Å². The highest BCUT2D eigenvalue weighted by Gasteiger charge is 2.15. The van der Waals surface area contributed by atoms with Gasteiger partial charge in [0.15, 0.2) is 0 Å². The molecule has 1 aromatic heterocycles. The van der Waals surface area contributed by atoms with Gasteiger partial charge in [0.1, 0.15) is 17.9 Å². The standard InChI is InChI=1S/C21H19ClO3/c1-13(22)12-24-19-10-9-17-14(2)18(11-16-7-5-4-6-8-16)21(23)25-20(17)15(19)3/h4-10H,1,11-12H2,2-3H3. The van der Waals surface area contributed by atoms with Gasteiger partial charge in [0.2, 0.25) is 0 Å². The summed E-state index contributed by atoms with van der Waals surface area (Å²) in [5.41, 5.74) is 3.72. The third-order valence-corrected chi connectivity index (χ3v) is 4.37. The van der Waals surface area contributed by atoms with Crippen LogP contribution in [0, 0.1) is 13.8 Å². The summed E-state index contributed by atoms with van der Waals surface area (Å²) in [4.78, 5) is 12.5. The Labute approximate surface area is 151 Å². The third-order valence-electron chi connectivity index (χ3n) is 4.26. The average Bonchev–Trinajstić information content (AvgIpc) is 2.59. The molecule has 2 aromatic carbocycles. The van der Waals surface area contributed by atoms with E-state index in [9.17, 15) is 4.79 Å². The van der Waals surface area contributed by atoms with Crippen molar-refractivity contribution in [3.8, 4) is 5.75 Å². The predicted molar refractivity (Wildman–Crippen MR) is 102 cm³/mol. The minimum atomic E-state index is -0.309. The van der Waals surface area contributed by atoms with Crippen LogP contribution < -0.4 is 10.4 Å². The molecule has 1 heterocycles. The maximum Gasteiger partial charge on any atom is 0.340 e. The molecule has 3 nitrogen and oxygen atoms in total. The van der Waals surface area contributed by atoms with E-state index in [2.05, 4.69) is 6.58 Å². The van der Waals surface area contributed by atoms with E-state index >= 15 is 0 Å². The first-order valence-electron chi connectivity index (χ1n) is 8.03. The summed E-state index contributed by atoms with van der Waals surface area (Å²) < 4.78 is 11.3. The van der Waals surface area contributed by atoms with E-state index in [-0.39, 0.29) is 12.2 Å². The molecule has 0 saturated carbocycles. The number of fused-ring (bicyclic) bond motifs is 1. The molecular weight excluding hydrogens is 336 g/mol. The third kappa shape index (κ3) is 3.62. The van der Waals surface area contributed by atoms with Gasteiger partial charge in [-0.3, -0.25) is 0 Å². The molecule has 0 radical (unpaired) electrons. The van der Waals surface area contributed by atoms with Gasteiger partial charge < -0.3 is 9.15 Å². The maximum absolute atomic E-state index is 12.5. The van der Waals surface area contributed by atoms with Crippen molar-refractivity contribution >= 4 is 22.6 Å².